The van der Waals surface area contributed by atoms with Crippen molar-refractivity contribution in [1.29, 1.82) is 0 Å². The minimum absolute atomic E-state index is 0.0157. The molecule has 1 saturated heterocycles. The largest absolute Gasteiger partial charge is 0.338 e. The molecule has 0 bridgehead atoms. The molecule has 1 amide bonds. The van der Waals surface area contributed by atoms with Crippen LogP contribution < -0.4 is 0 Å². The zero-order chi connectivity index (χ0) is 13.2. The van der Waals surface area contributed by atoms with Crippen molar-refractivity contribution in [3.63, 3.8) is 0 Å². The third-order valence-electron chi connectivity index (χ3n) is 3.65. The molecule has 2 fully saturated rings. The summed E-state index contributed by atoms with van der Waals surface area (Å²) in [7, 11) is -2.99. The van der Waals surface area contributed by atoms with Gasteiger partial charge >= 0.3 is 0 Å². The molecule has 0 spiro atoms. The van der Waals surface area contributed by atoms with Gasteiger partial charge in [-0.05, 0) is 25.2 Å². The van der Waals surface area contributed by atoms with Crippen molar-refractivity contribution in [2.75, 3.05) is 18.1 Å². The highest BCUT2D eigenvalue weighted by molar-refractivity contribution is 7.91. The minimum Gasteiger partial charge on any atom is -0.338 e. The predicted molar refractivity (Wildman–Crippen MR) is 69.6 cm³/mol. The molecule has 1 saturated carbocycles. The average molecular weight is 269 g/mol. The lowest BCUT2D eigenvalue weighted by Crippen LogP contribution is -2.44. The van der Waals surface area contributed by atoms with E-state index in [2.05, 4.69) is 5.92 Å². The van der Waals surface area contributed by atoms with Crippen molar-refractivity contribution in [2.24, 2.45) is 5.92 Å². The SMILES string of the molecule is C#CCCC(=O)N1CCCS(=O)(=O)CC1C1CC1. The van der Waals surface area contributed by atoms with Crippen molar-refractivity contribution >= 4 is 15.7 Å². The standard InChI is InChI=1S/C13H19NO3S/c1-2-3-5-13(15)14-8-4-9-18(16,17)10-12(14)11-6-7-11/h1,11-12H,3-10H2. The van der Waals surface area contributed by atoms with E-state index in [4.69, 9.17) is 6.42 Å². The van der Waals surface area contributed by atoms with Crippen LogP contribution in [0.1, 0.15) is 32.1 Å². The first-order valence-electron chi connectivity index (χ1n) is 6.47. The van der Waals surface area contributed by atoms with E-state index in [1.54, 1.807) is 4.90 Å². The van der Waals surface area contributed by atoms with Crippen LogP contribution in [0.15, 0.2) is 0 Å². The van der Waals surface area contributed by atoms with Gasteiger partial charge in [-0.1, -0.05) is 0 Å². The van der Waals surface area contributed by atoms with E-state index in [0.717, 1.165) is 12.8 Å². The highest BCUT2D eigenvalue weighted by Gasteiger charge is 2.41. The van der Waals surface area contributed by atoms with Gasteiger partial charge in [0.05, 0.1) is 11.5 Å². The molecule has 0 N–H and O–H groups in total. The zero-order valence-electron chi connectivity index (χ0n) is 10.5. The van der Waals surface area contributed by atoms with Gasteiger partial charge in [-0.15, -0.1) is 12.3 Å². The summed E-state index contributed by atoms with van der Waals surface area (Å²) in [6.45, 7) is 0.559. The maximum atomic E-state index is 12.1. The molecule has 5 heteroatoms. The summed E-state index contributed by atoms with van der Waals surface area (Å²) in [5.41, 5.74) is 0. The number of amides is 1. The zero-order valence-corrected chi connectivity index (χ0v) is 11.3. The normalized spacial score (nSPS) is 27.3. The molecule has 0 aromatic rings. The van der Waals surface area contributed by atoms with E-state index in [9.17, 15) is 13.2 Å². The van der Waals surface area contributed by atoms with Crippen LogP contribution in [0, 0.1) is 18.3 Å². The molecule has 1 aliphatic heterocycles. The Morgan fingerprint density at radius 3 is 2.72 bits per heavy atom. The van der Waals surface area contributed by atoms with Gasteiger partial charge in [0.1, 0.15) is 0 Å². The highest BCUT2D eigenvalue weighted by Crippen LogP contribution is 2.37. The molecule has 100 valence electrons. The topological polar surface area (TPSA) is 54.5 Å². The van der Waals surface area contributed by atoms with Gasteiger partial charge in [0.2, 0.25) is 5.91 Å². The molecular formula is C13H19NO3S. The lowest BCUT2D eigenvalue weighted by molar-refractivity contribution is -0.133. The molecule has 1 atom stereocenters. The Hall–Kier alpha value is -1.02. The number of carbonyl (C=O) groups is 1. The van der Waals surface area contributed by atoms with Crippen LogP contribution in [0.5, 0.6) is 0 Å². The lowest BCUT2D eigenvalue weighted by Gasteiger charge is -2.29. The van der Waals surface area contributed by atoms with E-state index >= 15 is 0 Å². The van der Waals surface area contributed by atoms with Gasteiger partial charge in [-0.3, -0.25) is 4.79 Å². The molecule has 0 aromatic heterocycles. The number of hydrogen-bond donors (Lipinski definition) is 0. The van der Waals surface area contributed by atoms with Crippen LogP contribution in [0.4, 0.5) is 0 Å². The van der Waals surface area contributed by atoms with Crippen LogP contribution in [0.3, 0.4) is 0 Å². The molecular weight excluding hydrogens is 250 g/mol. The van der Waals surface area contributed by atoms with Crippen LogP contribution in [-0.2, 0) is 14.6 Å². The number of terminal acetylenes is 1. The molecule has 1 heterocycles. The summed E-state index contributed by atoms with van der Waals surface area (Å²) in [5.74, 6) is 3.20. The fourth-order valence-electron chi connectivity index (χ4n) is 2.56. The number of carbonyl (C=O) groups excluding carboxylic acids is 1. The Morgan fingerprint density at radius 1 is 1.39 bits per heavy atom. The van der Waals surface area contributed by atoms with Gasteiger partial charge in [0, 0.05) is 25.4 Å². The van der Waals surface area contributed by atoms with Crippen LogP contribution in [0.25, 0.3) is 0 Å². The summed E-state index contributed by atoms with van der Waals surface area (Å²) in [6.07, 6.45) is 8.56. The van der Waals surface area contributed by atoms with Gasteiger partial charge < -0.3 is 4.90 Å². The van der Waals surface area contributed by atoms with Gasteiger partial charge in [-0.25, -0.2) is 8.42 Å². The molecule has 4 nitrogen and oxygen atoms in total. The summed E-state index contributed by atoms with van der Waals surface area (Å²) >= 11 is 0. The second-order valence-corrected chi connectivity index (χ2v) is 7.39. The first-order valence-corrected chi connectivity index (χ1v) is 8.29. The Bertz CT molecular complexity index is 459. The van der Waals surface area contributed by atoms with Crippen molar-refractivity contribution in [1.82, 2.24) is 4.90 Å². The number of sulfone groups is 1. The molecule has 2 rings (SSSR count). The molecule has 0 aromatic carbocycles. The predicted octanol–water partition coefficient (Wildman–Crippen LogP) is 0.826. The van der Waals surface area contributed by atoms with E-state index in [-0.39, 0.29) is 23.5 Å². The third-order valence-corrected chi connectivity index (χ3v) is 5.41. The fraction of sp³-hybridized carbons (Fsp3) is 0.769. The maximum absolute atomic E-state index is 12.1. The third kappa shape index (κ3) is 3.26. The van der Waals surface area contributed by atoms with Crippen molar-refractivity contribution in [3.8, 4) is 12.3 Å². The fourth-order valence-corrected chi connectivity index (χ4v) is 4.27. The van der Waals surface area contributed by atoms with Crippen LogP contribution >= 0.6 is 0 Å². The number of rotatable bonds is 3. The summed E-state index contributed by atoms with van der Waals surface area (Å²) in [5, 5.41) is 0. The first-order chi connectivity index (χ1) is 8.53. The van der Waals surface area contributed by atoms with Crippen molar-refractivity contribution in [2.45, 2.75) is 38.1 Å². The summed E-state index contributed by atoms with van der Waals surface area (Å²) < 4.78 is 23.7. The van der Waals surface area contributed by atoms with Crippen LogP contribution in [0.2, 0.25) is 0 Å². The first kappa shape index (κ1) is 13.4. The van der Waals surface area contributed by atoms with E-state index in [1.165, 1.54) is 0 Å². The van der Waals surface area contributed by atoms with Gasteiger partial charge in [0.15, 0.2) is 9.84 Å². The Balaban J connectivity index is 2.11. The summed E-state index contributed by atoms with van der Waals surface area (Å²) in [4.78, 5) is 13.9. The molecule has 1 unspecified atom stereocenters. The minimum atomic E-state index is -2.99. The molecule has 0 radical (unpaired) electrons. The molecule has 18 heavy (non-hydrogen) atoms. The van der Waals surface area contributed by atoms with Crippen LogP contribution in [-0.4, -0.2) is 43.3 Å². The monoisotopic (exact) mass is 269 g/mol. The Kier molecular flexibility index (Phi) is 3.96. The van der Waals surface area contributed by atoms with Gasteiger partial charge in [-0.2, -0.15) is 0 Å². The second-order valence-electron chi connectivity index (χ2n) is 5.16. The highest BCUT2D eigenvalue weighted by atomic mass is 32.2. The quantitative estimate of drug-likeness (QED) is 0.713. The Morgan fingerprint density at radius 2 is 2.11 bits per heavy atom. The smallest absolute Gasteiger partial charge is 0.223 e. The second kappa shape index (κ2) is 5.31. The number of nitrogens with zero attached hydrogens (tertiary/aromatic N) is 1. The van der Waals surface area contributed by atoms with Crippen molar-refractivity contribution in [3.05, 3.63) is 0 Å². The number of hydrogen-bond acceptors (Lipinski definition) is 3. The lowest BCUT2D eigenvalue weighted by atomic mass is 10.1. The Labute approximate surface area is 109 Å². The van der Waals surface area contributed by atoms with Crippen molar-refractivity contribution < 1.29 is 13.2 Å². The van der Waals surface area contributed by atoms with Gasteiger partial charge in [0.25, 0.3) is 0 Å². The molecule has 1 aliphatic carbocycles. The van der Waals surface area contributed by atoms with E-state index < -0.39 is 9.84 Å². The van der Waals surface area contributed by atoms with E-state index in [1.807, 2.05) is 0 Å². The molecule has 2 aliphatic rings. The average Bonchev–Trinajstić information content (AvgIpc) is 3.12. The maximum Gasteiger partial charge on any atom is 0.223 e. The summed E-state index contributed by atoms with van der Waals surface area (Å²) in [6, 6.07) is -0.109. The van der Waals surface area contributed by atoms with E-state index in [0.29, 0.717) is 31.7 Å².